The average Bonchev–Trinajstić information content (AvgIpc) is 2.91. The molecule has 0 amide bonds. The van der Waals surface area contributed by atoms with Crippen molar-refractivity contribution in [1.29, 1.82) is 0 Å². The van der Waals surface area contributed by atoms with Gasteiger partial charge in [0.1, 0.15) is 0 Å². The van der Waals surface area contributed by atoms with Crippen molar-refractivity contribution in [2.75, 3.05) is 6.54 Å². The van der Waals surface area contributed by atoms with E-state index in [-0.39, 0.29) is 17.2 Å². The van der Waals surface area contributed by atoms with Crippen LogP contribution in [0, 0.1) is 18.8 Å². The average molecular weight is 325 g/mol. The molecular formula is C16H23NO4S. The van der Waals surface area contributed by atoms with Gasteiger partial charge in [0.15, 0.2) is 0 Å². The normalized spacial score (nSPS) is 21.9. The number of sulfonamides is 1. The van der Waals surface area contributed by atoms with Crippen LogP contribution in [0.1, 0.15) is 37.7 Å². The highest BCUT2D eigenvalue weighted by Crippen LogP contribution is 2.34. The number of aliphatic carboxylic acids is 1. The molecule has 1 saturated carbocycles. The number of aryl methyl sites for hydroxylation is 1. The Kier molecular flexibility index (Phi) is 5.58. The van der Waals surface area contributed by atoms with E-state index < -0.39 is 16.0 Å². The molecule has 2 rings (SSSR count). The van der Waals surface area contributed by atoms with Crippen molar-refractivity contribution in [1.82, 2.24) is 4.72 Å². The molecule has 0 bridgehead atoms. The van der Waals surface area contributed by atoms with Crippen LogP contribution in [0.15, 0.2) is 29.2 Å². The van der Waals surface area contributed by atoms with Gasteiger partial charge in [-0.3, -0.25) is 4.79 Å². The highest BCUT2D eigenvalue weighted by molar-refractivity contribution is 7.89. The molecule has 0 radical (unpaired) electrons. The smallest absolute Gasteiger partial charge is 0.303 e. The Morgan fingerprint density at radius 3 is 2.50 bits per heavy atom. The largest absolute Gasteiger partial charge is 0.481 e. The lowest BCUT2D eigenvalue weighted by molar-refractivity contribution is -0.137. The van der Waals surface area contributed by atoms with Gasteiger partial charge in [-0.2, -0.15) is 0 Å². The Morgan fingerprint density at radius 2 is 1.86 bits per heavy atom. The quantitative estimate of drug-likeness (QED) is 0.807. The minimum atomic E-state index is -3.49. The molecule has 0 heterocycles. The first-order valence-electron chi connectivity index (χ1n) is 7.66. The van der Waals surface area contributed by atoms with Crippen molar-refractivity contribution in [3.05, 3.63) is 29.8 Å². The highest BCUT2D eigenvalue weighted by Gasteiger charge is 2.28. The Morgan fingerprint density at radius 1 is 1.23 bits per heavy atom. The third-order valence-electron chi connectivity index (χ3n) is 4.41. The lowest BCUT2D eigenvalue weighted by Gasteiger charge is -2.19. The summed E-state index contributed by atoms with van der Waals surface area (Å²) < 4.78 is 27.2. The Labute approximate surface area is 131 Å². The molecule has 0 saturated heterocycles. The zero-order valence-corrected chi connectivity index (χ0v) is 13.6. The summed E-state index contributed by atoms with van der Waals surface area (Å²) in [4.78, 5) is 11.0. The van der Waals surface area contributed by atoms with E-state index in [1.54, 1.807) is 24.3 Å². The molecule has 1 aliphatic rings. The first-order chi connectivity index (χ1) is 10.4. The molecule has 22 heavy (non-hydrogen) atoms. The van der Waals surface area contributed by atoms with E-state index in [2.05, 4.69) is 4.72 Å². The van der Waals surface area contributed by atoms with Gasteiger partial charge in [-0.15, -0.1) is 0 Å². The summed E-state index contributed by atoms with van der Waals surface area (Å²) in [7, 11) is -3.49. The van der Waals surface area contributed by atoms with Crippen LogP contribution in [-0.4, -0.2) is 26.0 Å². The van der Waals surface area contributed by atoms with Crippen LogP contribution in [0.3, 0.4) is 0 Å². The maximum atomic E-state index is 12.3. The summed E-state index contributed by atoms with van der Waals surface area (Å²) in [5.41, 5.74) is 1.02. The van der Waals surface area contributed by atoms with E-state index in [0.29, 0.717) is 18.9 Å². The maximum Gasteiger partial charge on any atom is 0.303 e. The van der Waals surface area contributed by atoms with Crippen molar-refractivity contribution in [2.45, 2.75) is 43.9 Å². The predicted molar refractivity (Wildman–Crippen MR) is 84.1 cm³/mol. The van der Waals surface area contributed by atoms with Crippen molar-refractivity contribution < 1.29 is 18.3 Å². The molecule has 5 nitrogen and oxygen atoms in total. The van der Waals surface area contributed by atoms with E-state index in [9.17, 15) is 13.2 Å². The number of hydrogen-bond acceptors (Lipinski definition) is 3. The number of nitrogens with one attached hydrogen (secondary N) is 1. The second kappa shape index (κ2) is 7.24. The van der Waals surface area contributed by atoms with Gasteiger partial charge in [-0.1, -0.05) is 30.5 Å². The minimum absolute atomic E-state index is 0.159. The fourth-order valence-corrected chi connectivity index (χ4v) is 4.18. The van der Waals surface area contributed by atoms with Crippen LogP contribution < -0.4 is 4.72 Å². The van der Waals surface area contributed by atoms with Gasteiger partial charge in [0.05, 0.1) is 4.90 Å². The Bertz CT molecular complexity index is 610. The molecular weight excluding hydrogens is 302 g/mol. The predicted octanol–water partition coefficient (Wildman–Crippen LogP) is 2.55. The molecule has 1 aliphatic carbocycles. The number of carboxylic acids is 1. The molecule has 2 unspecified atom stereocenters. The number of hydrogen-bond donors (Lipinski definition) is 2. The number of carboxylic acid groups (broad SMARTS) is 1. The molecule has 0 aliphatic heterocycles. The van der Waals surface area contributed by atoms with E-state index in [1.807, 2.05) is 6.92 Å². The molecule has 2 atom stereocenters. The fraction of sp³-hybridized carbons (Fsp3) is 0.562. The van der Waals surface area contributed by atoms with Crippen LogP contribution in [0.25, 0.3) is 0 Å². The third kappa shape index (κ3) is 4.55. The summed E-state index contributed by atoms with van der Waals surface area (Å²) in [5, 5.41) is 8.78. The number of carbonyl (C=O) groups is 1. The molecule has 6 heteroatoms. The maximum absolute atomic E-state index is 12.3. The zero-order chi connectivity index (χ0) is 16.2. The molecule has 1 aromatic rings. The molecule has 122 valence electrons. The van der Waals surface area contributed by atoms with Crippen molar-refractivity contribution in [2.24, 2.45) is 11.8 Å². The first kappa shape index (κ1) is 17.0. The zero-order valence-electron chi connectivity index (χ0n) is 12.8. The van der Waals surface area contributed by atoms with Gasteiger partial charge in [-0.25, -0.2) is 13.1 Å². The topological polar surface area (TPSA) is 83.5 Å². The SMILES string of the molecule is Cc1ccc(S(=O)(=O)NCC2CCCC2CCC(=O)O)cc1. The summed E-state index contributed by atoms with van der Waals surface area (Å²) >= 11 is 0. The number of rotatable bonds is 7. The van der Waals surface area contributed by atoms with Gasteiger partial charge in [-0.05, 0) is 43.7 Å². The van der Waals surface area contributed by atoms with Crippen molar-refractivity contribution in [3.63, 3.8) is 0 Å². The van der Waals surface area contributed by atoms with Gasteiger partial charge in [0.2, 0.25) is 10.0 Å². The van der Waals surface area contributed by atoms with Crippen LogP contribution in [0.4, 0.5) is 0 Å². The molecule has 0 spiro atoms. The number of benzene rings is 1. The van der Waals surface area contributed by atoms with Gasteiger partial charge in [0, 0.05) is 13.0 Å². The summed E-state index contributed by atoms with van der Waals surface area (Å²) in [5.74, 6) is -0.248. The van der Waals surface area contributed by atoms with Gasteiger partial charge < -0.3 is 5.11 Å². The second-order valence-corrected chi connectivity index (χ2v) is 7.82. The van der Waals surface area contributed by atoms with Gasteiger partial charge >= 0.3 is 5.97 Å². The standard InChI is InChI=1S/C16H23NO4S/c1-12-5-8-15(9-6-12)22(20,21)17-11-14-4-2-3-13(14)7-10-16(18)19/h5-6,8-9,13-14,17H,2-4,7,10-11H2,1H3,(H,18,19). The molecule has 1 aromatic carbocycles. The Balaban J connectivity index is 1.93. The van der Waals surface area contributed by atoms with Gasteiger partial charge in [0.25, 0.3) is 0 Å². The van der Waals surface area contributed by atoms with Crippen molar-refractivity contribution in [3.8, 4) is 0 Å². The summed E-state index contributed by atoms with van der Waals surface area (Å²) in [6.07, 6.45) is 3.78. The van der Waals surface area contributed by atoms with Crippen LogP contribution >= 0.6 is 0 Å². The lowest BCUT2D eigenvalue weighted by Crippen LogP contribution is -2.31. The van der Waals surface area contributed by atoms with E-state index in [4.69, 9.17) is 5.11 Å². The van der Waals surface area contributed by atoms with E-state index in [0.717, 1.165) is 24.8 Å². The monoisotopic (exact) mass is 325 g/mol. The van der Waals surface area contributed by atoms with Crippen molar-refractivity contribution >= 4 is 16.0 Å². The van der Waals surface area contributed by atoms with E-state index in [1.165, 1.54) is 0 Å². The highest BCUT2D eigenvalue weighted by atomic mass is 32.2. The molecule has 2 N–H and O–H groups in total. The van der Waals surface area contributed by atoms with Crippen LogP contribution in [0.5, 0.6) is 0 Å². The third-order valence-corrected chi connectivity index (χ3v) is 5.85. The van der Waals surface area contributed by atoms with E-state index >= 15 is 0 Å². The lowest BCUT2D eigenvalue weighted by atomic mass is 9.92. The summed E-state index contributed by atoms with van der Waals surface area (Å²) in [6.45, 7) is 2.30. The van der Waals surface area contributed by atoms with Crippen LogP contribution in [0.2, 0.25) is 0 Å². The fourth-order valence-electron chi connectivity index (χ4n) is 3.09. The summed E-state index contributed by atoms with van der Waals surface area (Å²) in [6, 6.07) is 6.77. The molecule has 0 aromatic heterocycles. The Hall–Kier alpha value is -1.40. The first-order valence-corrected chi connectivity index (χ1v) is 9.15. The molecule has 1 fully saturated rings. The second-order valence-electron chi connectivity index (χ2n) is 6.05. The van der Waals surface area contributed by atoms with Crippen LogP contribution in [-0.2, 0) is 14.8 Å². The minimum Gasteiger partial charge on any atom is -0.481 e.